The van der Waals surface area contributed by atoms with Gasteiger partial charge < -0.3 is 5.32 Å². The van der Waals surface area contributed by atoms with Gasteiger partial charge in [0, 0.05) is 23.9 Å². The molecular formula is C19H19FN2O3. The minimum Gasteiger partial charge on any atom is -0.325 e. The Labute approximate surface area is 145 Å². The largest absolute Gasteiger partial charge is 0.325 e. The molecule has 1 aliphatic rings. The first kappa shape index (κ1) is 17.1. The van der Waals surface area contributed by atoms with Gasteiger partial charge >= 0.3 is 0 Å². The van der Waals surface area contributed by atoms with E-state index >= 15 is 0 Å². The van der Waals surface area contributed by atoms with Crippen LogP contribution in [0.4, 0.5) is 10.1 Å². The number of hydrogen-bond acceptors (Lipinski definition) is 3. The Kier molecular flexibility index (Phi) is 4.55. The Hall–Kier alpha value is -2.73. The average Bonchev–Trinajstić information content (AvgIpc) is 3.43. The monoisotopic (exact) mass is 342 g/mol. The molecule has 0 atom stereocenters. The van der Waals surface area contributed by atoms with Crippen LogP contribution in [0.5, 0.6) is 0 Å². The summed E-state index contributed by atoms with van der Waals surface area (Å²) < 4.78 is 14.0. The summed E-state index contributed by atoms with van der Waals surface area (Å²) in [4.78, 5) is 29.5. The molecule has 1 fully saturated rings. The van der Waals surface area contributed by atoms with E-state index in [0.717, 1.165) is 5.06 Å². The molecule has 2 aromatic carbocycles. The molecule has 0 saturated heterocycles. The van der Waals surface area contributed by atoms with E-state index in [1.807, 2.05) is 0 Å². The molecule has 1 aliphatic carbocycles. The second-order valence-electron chi connectivity index (χ2n) is 6.08. The standard InChI is InChI=1S/C19H19FN2O3/c1-22(25-2)17(23)13-7-9-14(10-8-13)21-18(24)19(11-12-19)15-5-3-4-6-16(15)20/h3-10H,11-12H2,1-2H3,(H,21,24). The number of nitrogens with zero attached hydrogens (tertiary/aromatic N) is 1. The molecule has 0 radical (unpaired) electrons. The van der Waals surface area contributed by atoms with Crippen LogP contribution in [-0.2, 0) is 15.0 Å². The normalized spacial score (nSPS) is 14.7. The van der Waals surface area contributed by atoms with Crippen LogP contribution in [0.3, 0.4) is 0 Å². The third-order valence-corrected chi connectivity index (χ3v) is 4.52. The van der Waals surface area contributed by atoms with E-state index in [1.54, 1.807) is 42.5 Å². The Bertz CT molecular complexity index is 801. The summed E-state index contributed by atoms with van der Waals surface area (Å²) in [5.41, 5.74) is 0.638. The van der Waals surface area contributed by atoms with E-state index in [1.165, 1.54) is 20.2 Å². The van der Waals surface area contributed by atoms with Crippen molar-refractivity contribution in [2.45, 2.75) is 18.3 Å². The van der Waals surface area contributed by atoms with Crippen LogP contribution in [-0.4, -0.2) is 31.0 Å². The van der Waals surface area contributed by atoms with Gasteiger partial charge in [-0.25, -0.2) is 9.45 Å². The van der Waals surface area contributed by atoms with E-state index in [-0.39, 0.29) is 17.6 Å². The van der Waals surface area contributed by atoms with E-state index in [4.69, 9.17) is 4.84 Å². The first-order valence-electron chi connectivity index (χ1n) is 7.96. The maximum absolute atomic E-state index is 14.0. The lowest BCUT2D eigenvalue weighted by Gasteiger charge is -2.17. The van der Waals surface area contributed by atoms with Gasteiger partial charge in [-0.15, -0.1) is 0 Å². The quantitative estimate of drug-likeness (QED) is 0.850. The SMILES string of the molecule is CON(C)C(=O)c1ccc(NC(=O)C2(c3ccccc3F)CC2)cc1. The maximum Gasteiger partial charge on any atom is 0.277 e. The van der Waals surface area contributed by atoms with Crippen molar-refractivity contribution >= 4 is 17.5 Å². The predicted octanol–water partition coefficient (Wildman–Crippen LogP) is 3.13. The van der Waals surface area contributed by atoms with Crippen molar-refractivity contribution in [1.29, 1.82) is 0 Å². The molecule has 25 heavy (non-hydrogen) atoms. The van der Waals surface area contributed by atoms with Crippen molar-refractivity contribution in [3.8, 4) is 0 Å². The van der Waals surface area contributed by atoms with Crippen molar-refractivity contribution in [1.82, 2.24) is 5.06 Å². The maximum atomic E-state index is 14.0. The molecule has 0 unspecified atom stereocenters. The molecular weight excluding hydrogens is 323 g/mol. The summed E-state index contributed by atoms with van der Waals surface area (Å²) in [7, 11) is 2.92. The van der Waals surface area contributed by atoms with Crippen LogP contribution < -0.4 is 5.32 Å². The second kappa shape index (κ2) is 6.64. The second-order valence-corrected chi connectivity index (χ2v) is 6.08. The van der Waals surface area contributed by atoms with Gasteiger partial charge in [-0.1, -0.05) is 18.2 Å². The fourth-order valence-corrected chi connectivity index (χ4v) is 2.80. The molecule has 1 saturated carbocycles. The van der Waals surface area contributed by atoms with Crippen molar-refractivity contribution < 1.29 is 18.8 Å². The molecule has 2 amide bonds. The lowest BCUT2D eigenvalue weighted by atomic mass is 9.94. The van der Waals surface area contributed by atoms with Crippen LogP contribution in [0.15, 0.2) is 48.5 Å². The number of nitrogens with one attached hydrogen (secondary N) is 1. The first-order chi connectivity index (χ1) is 12.0. The van der Waals surface area contributed by atoms with Crippen LogP contribution in [0.25, 0.3) is 0 Å². The molecule has 3 rings (SSSR count). The Morgan fingerprint density at radius 3 is 2.32 bits per heavy atom. The van der Waals surface area contributed by atoms with Gasteiger partial charge in [-0.2, -0.15) is 0 Å². The van der Waals surface area contributed by atoms with Gasteiger partial charge in [0.1, 0.15) is 5.82 Å². The van der Waals surface area contributed by atoms with Crippen LogP contribution >= 0.6 is 0 Å². The van der Waals surface area contributed by atoms with Gasteiger partial charge in [-0.05, 0) is 43.2 Å². The van der Waals surface area contributed by atoms with Crippen LogP contribution in [0, 0.1) is 5.82 Å². The van der Waals surface area contributed by atoms with Crippen LogP contribution in [0.1, 0.15) is 28.8 Å². The topological polar surface area (TPSA) is 58.6 Å². The number of halogens is 1. The number of hydroxylamine groups is 2. The molecule has 1 N–H and O–H groups in total. The molecule has 0 heterocycles. The third-order valence-electron chi connectivity index (χ3n) is 4.52. The summed E-state index contributed by atoms with van der Waals surface area (Å²) in [6, 6.07) is 12.9. The summed E-state index contributed by atoms with van der Waals surface area (Å²) >= 11 is 0. The van der Waals surface area contributed by atoms with E-state index in [0.29, 0.717) is 29.7 Å². The van der Waals surface area contributed by atoms with E-state index in [9.17, 15) is 14.0 Å². The minimum atomic E-state index is -0.796. The molecule has 0 aromatic heterocycles. The number of rotatable bonds is 5. The van der Waals surface area contributed by atoms with Crippen molar-refractivity contribution in [2.75, 3.05) is 19.5 Å². The van der Waals surface area contributed by atoms with Gasteiger partial charge in [0.05, 0.1) is 12.5 Å². The van der Waals surface area contributed by atoms with Gasteiger partial charge in [0.2, 0.25) is 5.91 Å². The molecule has 0 aliphatic heterocycles. The van der Waals surface area contributed by atoms with Crippen molar-refractivity contribution in [3.05, 3.63) is 65.5 Å². The average molecular weight is 342 g/mol. The Morgan fingerprint density at radius 1 is 1.12 bits per heavy atom. The number of carbonyl (C=O) groups excluding carboxylic acids is 2. The number of anilines is 1. The van der Waals surface area contributed by atoms with Crippen molar-refractivity contribution in [2.24, 2.45) is 0 Å². The van der Waals surface area contributed by atoms with Gasteiger partial charge in [0.25, 0.3) is 5.91 Å². The summed E-state index contributed by atoms with van der Waals surface area (Å²) in [5.74, 6) is -0.880. The van der Waals surface area contributed by atoms with Gasteiger partial charge in [0.15, 0.2) is 0 Å². The van der Waals surface area contributed by atoms with Gasteiger partial charge in [-0.3, -0.25) is 14.4 Å². The molecule has 130 valence electrons. The Balaban J connectivity index is 1.74. The number of benzene rings is 2. The summed E-state index contributed by atoms with van der Waals surface area (Å²) in [5, 5.41) is 3.93. The van der Waals surface area contributed by atoms with E-state index < -0.39 is 5.41 Å². The van der Waals surface area contributed by atoms with Crippen molar-refractivity contribution in [3.63, 3.8) is 0 Å². The smallest absolute Gasteiger partial charge is 0.277 e. The zero-order valence-corrected chi connectivity index (χ0v) is 14.1. The zero-order valence-electron chi connectivity index (χ0n) is 14.1. The number of amides is 2. The third kappa shape index (κ3) is 3.25. The lowest BCUT2D eigenvalue weighted by molar-refractivity contribution is -0.118. The molecule has 5 nitrogen and oxygen atoms in total. The summed E-state index contributed by atoms with van der Waals surface area (Å²) in [6.07, 6.45) is 1.24. The zero-order chi connectivity index (χ0) is 18.0. The molecule has 6 heteroatoms. The highest BCUT2D eigenvalue weighted by atomic mass is 19.1. The van der Waals surface area contributed by atoms with E-state index in [2.05, 4.69) is 5.32 Å². The highest BCUT2D eigenvalue weighted by molar-refractivity contribution is 6.02. The molecule has 0 spiro atoms. The minimum absolute atomic E-state index is 0.231. The molecule has 2 aromatic rings. The predicted molar refractivity (Wildman–Crippen MR) is 91.5 cm³/mol. The fraction of sp³-hybridized carbons (Fsp3) is 0.263. The van der Waals surface area contributed by atoms with Crippen LogP contribution in [0.2, 0.25) is 0 Å². The first-order valence-corrected chi connectivity index (χ1v) is 7.96. The fourth-order valence-electron chi connectivity index (χ4n) is 2.80. The number of hydrogen-bond donors (Lipinski definition) is 1. The highest BCUT2D eigenvalue weighted by Gasteiger charge is 2.52. The highest BCUT2D eigenvalue weighted by Crippen LogP contribution is 2.49. The Morgan fingerprint density at radius 2 is 1.76 bits per heavy atom. The lowest BCUT2D eigenvalue weighted by Crippen LogP contribution is -2.29. The molecule has 0 bridgehead atoms. The summed E-state index contributed by atoms with van der Waals surface area (Å²) in [6.45, 7) is 0. The number of carbonyl (C=O) groups is 2.